The van der Waals surface area contributed by atoms with Crippen molar-refractivity contribution in [2.24, 2.45) is 0 Å². The first-order chi connectivity index (χ1) is 10.2. The summed E-state index contributed by atoms with van der Waals surface area (Å²) in [4.78, 5) is 4.55. The third kappa shape index (κ3) is 2.78. The van der Waals surface area contributed by atoms with Crippen molar-refractivity contribution in [3.63, 3.8) is 0 Å². The maximum Gasteiger partial charge on any atom is 0.144 e. The van der Waals surface area contributed by atoms with Gasteiger partial charge in [-0.1, -0.05) is 24.4 Å². The lowest BCUT2D eigenvalue weighted by Gasteiger charge is -2.32. The second kappa shape index (κ2) is 6.35. The number of halogens is 3. The molecule has 0 N–H and O–H groups in total. The molecule has 2 atom stereocenters. The van der Waals surface area contributed by atoms with Gasteiger partial charge in [0.25, 0.3) is 0 Å². The summed E-state index contributed by atoms with van der Waals surface area (Å²) < 4.78 is 16.0. The van der Waals surface area contributed by atoms with Crippen LogP contribution in [0.3, 0.4) is 0 Å². The van der Waals surface area contributed by atoms with Crippen molar-refractivity contribution < 1.29 is 4.39 Å². The zero-order valence-corrected chi connectivity index (χ0v) is 14.1. The van der Waals surface area contributed by atoms with Crippen LogP contribution in [0.5, 0.6) is 0 Å². The van der Waals surface area contributed by atoms with Crippen LogP contribution < -0.4 is 0 Å². The summed E-state index contributed by atoms with van der Waals surface area (Å²) in [5.41, 5.74) is 1.53. The third-order valence-corrected chi connectivity index (χ3v) is 5.91. The molecule has 0 radical (unpaired) electrons. The Morgan fingerprint density at radius 1 is 1.38 bits per heavy atom. The van der Waals surface area contributed by atoms with Gasteiger partial charge >= 0.3 is 0 Å². The fourth-order valence-electron chi connectivity index (χ4n) is 3.25. The molecule has 2 unspecified atom stereocenters. The number of fused-ring (bicyclic) bond motifs is 1. The number of rotatable bonds is 3. The average Bonchev–Trinajstić information content (AvgIpc) is 2.85. The predicted molar refractivity (Wildman–Crippen MR) is 89.1 cm³/mol. The summed E-state index contributed by atoms with van der Waals surface area (Å²) in [6.07, 6.45) is 6.86. The van der Waals surface area contributed by atoms with Gasteiger partial charge in [0.2, 0.25) is 0 Å². The van der Waals surface area contributed by atoms with E-state index in [1.165, 1.54) is 25.3 Å². The molecule has 0 spiro atoms. The molecule has 2 nitrogen and oxygen atoms in total. The molecule has 2 aromatic rings. The monoisotopic (exact) mass is 346 g/mol. The predicted octanol–water partition coefficient (Wildman–Crippen LogP) is 5.41. The van der Waals surface area contributed by atoms with Crippen molar-refractivity contribution in [1.82, 2.24) is 9.55 Å². The van der Waals surface area contributed by atoms with E-state index in [0.717, 1.165) is 23.3 Å². The zero-order valence-electron chi connectivity index (χ0n) is 11.8. The first-order valence-electron chi connectivity index (χ1n) is 7.10. The maximum atomic E-state index is 13.9. The minimum absolute atomic E-state index is 0.110. The van der Waals surface area contributed by atoms with Gasteiger partial charge in [-0.25, -0.2) is 9.37 Å². The van der Waals surface area contributed by atoms with Gasteiger partial charge in [0, 0.05) is 17.4 Å². The standard InChI is InChI=1S/C15H17Cl2FN2S/c1-21-14-5-3-2-4-12(14)20-13-7-10(18)9(17)6-11(13)19-15(20)8-16/h6-7,12,14H,2-5,8H2,1H3. The largest absolute Gasteiger partial charge is 0.323 e. The highest BCUT2D eigenvalue weighted by Gasteiger charge is 2.29. The number of nitrogens with zero attached hydrogens (tertiary/aromatic N) is 2. The molecule has 1 heterocycles. The van der Waals surface area contributed by atoms with Gasteiger partial charge < -0.3 is 4.57 Å². The van der Waals surface area contributed by atoms with Crippen LogP contribution in [0.2, 0.25) is 5.02 Å². The summed E-state index contributed by atoms with van der Waals surface area (Å²) >= 11 is 13.8. The fourth-order valence-corrected chi connectivity index (χ4v) is 4.57. The molecule has 1 aliphatic carbocycles. The Balaban J connectivity index is 2.17. The maximum absolute atomic E-state index is 13.9. The molecule has 1 aliphatic rings. The van der Waals surface area contributed by atoms with Crippen molar-refractivity contribution in [2.45, 2.75) is 42.9 Å². The number of aromatic nitrogens is 2. The Bertz CT molecular complexity index is 659. The Hall–Kier alpha value is -0.450. The van der Waals surface area contributed by atoms with Gasteiger partial charge in [-0.15, -0.1) is 11.6 Å². The van der Waals surface area contributed by atoms with Gasteiger partial charge in [-0.05, 0) is 25.2 Å². The molecular formula is C15H17Cl2FN2S. The molecule has 114 valence electrons. The molecule has 1 aromatic carbocycles. The van der Waals surface area contributed by atoms with Crippen molar-refractivity contribution in [3.8, 4) is 0 Å². The van der Waals surface area contributed by atoms with Crippen LogP contribution in [-0.4, -0.2) is 21.1 Å². The molecule has 0 aliphatic heterocycles. The van der Waals surface area contributed by atoms with Crippen molar-refractivity contribution in [3.05, 3.63) is 28.8 Å². The molecule has 0 saturated heterocycles. The van der Waals surface area contributed by atoms with Crippen LogP contribution in [-0.2, 0) is 5.88 Å². The summed E-state index contributed by atoms with van der Waals surface area (Å²) in [6.45, 7) is 0. The van der Waals surface area contributed by atoms with E-state index < -0.39 is 5.82 Å². The Labute approximate surface area is 138 Å². The fraction of sp³-hybridized carbons (Fsp3) is 0.533. The van der Waals surface area contributed by atoms with E-state index >= 15 is 0 Å². The lowest BCUT2D eigenvalue weighted by molar-refractivity contribution is 0.366. The molecular weight excluding hydrogens is 330 g/mol. The van der Waals surface area contributed by atoms with Crippen LogP contribution in [0.1, 0.15) is 37.5 Å². The van der Waals surface area contributed by atoms with E-state index in [-0.39, 0.29) is 5.02 Å². The number of hydrogen-bond donors (Lipinski definition) is 0. The quantitative estimate of drug-likeness (QED) is 0.691. The average molecular weight is 347 g/mol. The topological polar surface area (TPSA) is 17.8 Å². The Morgan fingerprint density at radius 3 is 2.86 bits per heavy atom. The van der Waals surface area contributed by atoms with E-state index in [1.54, 1.807) is 6.07 Å². The first-order valence-corrected chi connectivity index (χ1v) is 9.30. The zero-order chi connectivity index (χ0) is 15.0. The highest BCUT2D eigenvalue weighted by Crippen LogP contribution is 2.39. The Morgan fingerprint density at radius 2 is 2.14 bits per heavy atom. The lowest BCUT2D eigenvalue weighted by atomic mass is 9.94. The van der Waals surface area contributed by atoms with E-state index in [1.807, 2.05) is 11.8 Å². The molecule has 1 saturated carbocycles. The van der Waals surface area contributed by atoms with Gasteiger partial charge in [0.15, 0.2) is 0 Å². The number of imidazole rings is 1. The molecule has 1 fully saturated rings. The Kier molecular flexibility index (Phi) is 4.67. The normalized spacial score (nSPS) is 22.9. The molecule has 3 rings (SSSR count). The minimum atomic E-state index is -0.400. The van der Waals surface area contributed by atoms with Crippen molar-refractivity contribution in [2.75, 3.05) is 6.26 Å². The minimum Gasteiger partial charge on any atom is -0.323 e. The van der Waals surface area contributed by atoms with Crippen molar-refractivity contribution in [1.29, 1.82) is 0 Å². The smallest absolute Gasteiger partial charge is 0.144 e. The molecule has 0 amide bonds. The van der Waals surface area contributed by atoms with Gasteiger partial charge in [0.1, 0.15) is 11.6 Å². The lowest BCUT2D eigenvalue weighted by Crippen LogP contribution is -2.26. The highest BCUT2D eigenvalue weighted by molar-refractivity contribution is 7.99. The van der Waals surface area contributed by atoms with E-state index in [0.29, 0.717) is 17.2 Å². The second-order valence-electron chi connectivity index (χ2n) is 5.41. The van der Waals surface area contributed by atoms with Crippen LogP contribution >= 0.6 is 35.0 Å². The molecule has 21 heavy (non-hydrogen) atoms. The number of thioether (sulfide) groups is 1. The highest BCUT2D eigenvalue weighted by atomic mass is 35.5. The third-order valence-electron chi connectivity index (χ3n) is 4.23. The van der Waals surface area contributed by atoms with Crippen LogP contribution in [0.25, 0.3) is 11.0 Å². The second-order valence-corrected chi connectivity index (χ2v) is 7.16. The SMILES string of the molecule is CSC1CCCCC1n1c(CCl)nc2cc(Cl)c(F)cc21. The molecule has 0 bridgehead atoms. The summed E-state index contributed by atoms with van der Waals surface area (Å²) in [5, 5.41) is 0.634. The number of benzene rings is 1. The van der Waals surface area contributed by atoms with Gasteiger partial charge in [0.05, 0.1) is 21.9 Å². The summed E-state index contributed by atoms with van der Waals surface area (Å²) in [7, 11) is 0. The number of hydrogen-bond acceptors (Lipinski definition) is 2. The van der Waals surface area contributed by atoms with Crippen LogP contribution in [0.15, 0.2) is 12.1 Å². The van der Waals surface area contributed by atoms with Crippen molar-refractivity contribution >= 4 is 46.0 Å². The summed E-state index contributed by atoms with van der Waals surface area (Å²) in [5.74, 6) is 0.730. The summed E-state index contributed by atoms with van der Waals surface area (Å²) in [6, 6.07) is 3.41. The number of alkyl halides is 1. The van der Waals surface area contributed by atoms with E-state index in [2.05, 4.69) is 15.8 Å². The van der Waals surface area contributed by atoms with E-state index in [9.17, 15) is 4.39 Å². The first kappa shape index (κ1) is 15.4. The molecule has 1 aromatic heterocycles. The van der Waals surface area contributed by atoms with Gasteiger partial charge in [-0.3, -0.25) is 0 Å². The van der Waals surface area contributed by atoms with Crippen LogP contribution in [0.4, 0.5) is 4.39 Å². The van der Waals surface area contributed by atoms with Crippen LogP contribution in [0, 0.1) is 5.82 Å². The van der Waals surface area contributed by atoms with E-state index in [4.69, 9.17) is 23.2 Å². The molecule has 6 heteroatoms. The van der Waals surface area contributed by atoms with Gasteiger partial charge in [-0.2, -0.15) is 11.8 Å².